The van der Waals surface area contributed by atoms with Crippen LogP contribution in [0.5, 0.6) is 5.75 Å². The highest BCUT2D eigenvalue weighted by molar-refractivity contribution is 7.98. The van der Waals surface area contributed by atoms with Crippen LogP contribution in [-0.2, 0) is 5.75 Å². The van der Waals surface area contributed by atoms with Crippen LogP contribution in [0.1, 0.15) is 11.1 Å². The van der Waals surface area contributed by atoms with Crippen molar-refractivity contribution >= 4 is 34.3 Å². The summed E-state index contributed by atoms with van der Waals surface area (Å²) in [7, 11) is 0. The number of thioether (sulfide) groups is 1. The summed E-state index contributed by atoms with van der Waals surface area (Å²) < 4.78 is 0. The van der Waals surface area contributed by atoms with Crippen LogP contribution in [0.3, 0.4) is 0 Å². The van der Waals surface area contributed by atoms with Crippen LogP contribution in [0, 0.1) is 6.92 Å². The average Bonchev–Trinajstić information content (AvgIpc) is 2.47. The Morgan fingerprint density at radius 2 is 1.86 bits per heavy atom. The van der Waals surface area contributed by atoms with Gasteiger partial charge in [0.05, 0.1) is 5.52 Å². The van der Waals surface area contributed by atoms with Gasteiger partial charge in [0.2, 0.25) is 0 Å². The second-order valence-electron chi connectivity index (χ2n) is 4.92. The molecule has 0 saturated carbocycles. The van der Waals surface area contributed by atoms with Gasteiger partial charge in [-0.25, -0.2) is 4.98 Å². The van der Waals surface area contributed by atoms with Crippen LogP contribution in [0.4, 0.5) is 0 Å². The molecule has 0 radical (unpaired) electrons. The Morgan fingerprint density at radius 3 is 2.62 bits per heavy atom. The largest absolute Gasteiger partial charge is 0.508 e. The number of hydrogen-bond donors (Lipinski definition) is 1. The van der Waals surface area contributed by atoms with Crippen molar-refractivity contribution in [3.8, 4) is 5.75 Å². The van der Waals surface area contributed by atoms with Gasteiger partial charge in [0.1, 0.15) is 10.9 Å². The fourth-order valence-corrected chi connectivity index (χ4v) is 3.26. The highest BCUT2D eigenvalue weighted by Crippen LogP contribution is 2.29. The molecule has 3 aromatic rings. The van der Waals surface area contributed by atoms with E-state index in [2.05, 4.69) is 23.2 Å². The lowest BCUT2D eigenvalue weighted by Crippen LogP contribution is -1.89. The summed E-state index contributed by atoms with van der Waals surface area (Å²) in [6.07, 6.45) is 0. The fourth-order valence-electron chi connectivity index (χ4n) is 2.10. The number of halogens is 1. The Kier molecular flexibility index (Phi) is 4.04. The minimum atomic E-state index is 0.278. The number of nitrogens with zero attached hydrogens (tertiary/aromatic N) is 1. The summed E-state index contributed by atoms with van der Waals surface area (Å²) in [6.45, 7) is 2.05. The van der Waals surface area contributed by atoms with E-state index in [4.69, 9.17) is 11.6 Å². The van der Waals surface area contributed by atoms with Gasteiger partial charge in [-0.3, -0.25) is 0 Å². The van der Waals surface area contributed by atoms with Gasteiger partial charge in [0, 0.05) is 21.6 Å². The van der Waals surface area contributed by atoms with Crippen LogP contribution >= 0.6 is 23.4 Å². The van der Waals surface area contributed by atoms with Gasteiger partial charge in [0.15, 0.2) is 0 Å². The number of pyridine rings is 1. The Morgan fingerprint density at radius 1 is 1.10 bits per heavy atom. The van der Waals surface area contributed by atoms with Gasteiger partial charge in [-0.15, -0.1) is 11.8 Å². The first-order valence-electron chi connectivity index (χ1n) is 6.59. The van der Waals surface area contributed by atoms with E-state index in [1.165, 1.54) is 5.56 Å². The lowest BCUT2D eigenvalue weighted by Gasteiger charge is -2.07. The maximum atomic E-state index is 9.29. The maximum absolute atomic E-state index is 9.29. The first-order chi connectivity index (χ1) is 10.1. The minimum absolute atomic E-state index is 0.278. The van der Waals surface area contributed by atoms with Crippen molar-refractivity contribution in [1.29, 1.82) is 0 Å². The van der Waals surface area contributed by atoms with E-state index in [9.17, 15) is 5.11 Å². The SMILES string of the molecule is Cc1ccc2cc(CSc3ccc(O)cc3)c(Cl)nc2c1. The summed E-state index contributed by atoms with van der Waals surface area (Å²) in [4.78, 5) is 5.57. The van der Waals surface area contributed by atoms with E-state index in [-0.39, 0.29) is 5.75 Å². The number of aryl methyl sites for hydroxylation is 1. The lowest BCUT2D eigenvalue weighted by molar-refractivity contribution is 0.475. The molecular weight excluding hydrogens is 302 g/mol. The number of aromatic nitrogens is 1. The molecule has 0 aliphatic rings. The molecule has 0 bridgehead atoms. The third-order valence-electron chi connectivity index (χ3n) is 3.23. The molecule has 2 aromatic carbocycles. The number of phenols is 1. The third kappa shape index (κ3) is 3.31. The van der Waals surface area contributed by atoms with Crippen LogP contribution < -0.4 is 0 Å². The molecule has 0 atom stereocenters. The van der Waals surface area contributed by atoms with Crippen molar-refractivity contribution < 1.29 is 5.11 Å². The smallest absolute Gasteiger partial charge is 0.133 e. The zero-order valence-electron chi connectivity index (χ0n) is 11.5. The van der Waals surface area contributed by atoms with Gasteiger partial charge in [-0.2, -0.15) is 0 Å². The molecule has 2 nitrogen and oxygen atoms in total. The summed E-state index contributed by atoms with van der Waals surface area (Å²) in [6, 6.07) is 15.4. The van der Waals surface area contributed by atoms with E-state index < -0.39 is 0 Å². The topological polar surface area (TPSA) is 33.1 Å². The van der Waals surface area contributed by atoms with Crippen molar-refractivity contribution in [3.63, 3.8) is 0 Å². The van der Waals surface area contributed by atoms with Gasteiger partial charge >= 0.3 is 0 Å². The molecule has 0 unspecified atom stereocenters. The zero-order chi connectivity index (χ0) is 14.8. The molecule has 0 fully saturated rings. The molecule has 106 valence electrons. The van der Waals surface area contributed by atoms with Gasteiger partial charge < -0.3 is 5.11 Å². The van der Waals surface area contributed by atoms with Gasteiger partial charge in [-0.1, -0.05) is 23.7 Å². The molecule has 0 saturated heterocycles. The van der Waals surface area contributed by atoms with Crippen molar-refractivity contribution in [2.24, 2.45) is 0 Å². The summed E-state index contributed by atoms with van der Waals surface area (Å²) >= 11 is 7.96. The molecule has 0 spiro atoms. The van der Waals surface area contributed by atoms with E-state index in [0.717, 1.165) is 27.1 Å². The molecule has 1 aromatic heterocycles. The number of hydrogen-bond acceptors (Lipinski definition) is 3. The average molecular weight is 316 g/mol. The zero-order valence-corrected chi connectivity index (χ0v) is 13.1. The Bertz CT molecular complexity index is 787. The fraction of sp³-hybridized carbons (Fsp3) is 0.118. The maximum Gasteiger partial charge on any atom is 0.133 e. The molecule has 1 heterocycles. The molecule has 0 aliphatic carbocycles. The predicted octanol–water partition coefficient (Wildman–Crippen LogP) is 5.19. The number of fused-ring (bicyclic) bond motifs is 1. The van der Waals surface area contributed by atoms with Crippen molar-refractivity contribution in [2.75, 3.05) is 0 Å². The van der Waals surface area contributed by atoms with Crippen molar-refractivity contribution in [1.82, 2.24) is 4.98 Å². The predicted molar refractivity (Wildman–Crippen MR) is 89.2 cm³/mol. The second-order valence-corrected chi connectivity index (χ2v) is 6.32. The number of aromatic hydroxyl groups is 1. The van der Waals surface area contributed by atoms with Crippen LogP contribution in [0.15, 0.2) is 53.4 Å². The molecule has 3 rings (SSSR count). The summed E-state index contributed by atoms with van der Waals surface area (Å²) in [5.41, 5.74) is 3.13. The number of benzene rings is 2. The van der Waals surface area contributed by atoms with E-state index in [1.54, 1.807) is 23.9 Å². The van der Waals surface area contributed by atoms with Gasteiger partial charge in [0.25, 0.3) is 0 Å². The lowest BCUT2D eigenvalue weighted by atomic mass is 10.1. The first kappa shape index (κ1) is 14.2. The second kappa shape index (κ2) is 5.96. The third-order valence-corrected chi connectivity index (χ3v) is 4.62. The molecule has 1 N–H and O–H groups in total. The summed E-state index contributed by atoms with van der Waals surface area (Å²) in [5.74, 6) is 1.03. The van der Waals surface area contributed by atoms with Crippen molar-refractivity contribution in [2.45, 2.75) is 17.6 Å². The van der Waals surface area contributed by atoms with E-state index in [0.29, 0.717) is 5.15 Å². The normalized spacial score (nSPS) is 11.0. The quantitative estimate of drug-likeness (QED) is 0.533. The Balaban J connectivity index is 1.85. The molecular formula is C17H14ClNOS. The molecule has 4 heteroatoms. The standard InChI is InChI=1S/C17H14ClNOS/c1-11-2-3-12-9-13(17(18)19-16(12)8-11)10-21-15-6-4-14(20)5-7-15/h2-9,20H,10H2,1H3. The minimum Gasteiger partial charge on any atom is -0.508 e. The first-order valence-corrected chi connectivity index (χ1v) is 7.96. The van der Waals surface area contributed by atoms with Crippen molar-refractivity contribution in [3.05, 3.63) is 64.8 Å². The Labute approximate surface area is 132 Å². The number of phenolic OH excluding ortho intramolecular Hbond substituents is 1. The van der Waals surface area contributed by atoms with Crippen LogP contribution in [-0.4, -0.2) is 10.1 Å². The molecule has 0 amide bonds. The van der Waals surface area contributed by atoms with Crippen LogP contribution in [0.25, 0.3) is 10.9 Å². The van der Waals surface area contributed by atoms with Crippen LogP contribution in [0.2, 0.25) is 5.15 Å². The molecule has 0 aliphatic heterocycles. The van der Waals surface area contributed by atoms with E-state index >= 15 is 0 Å². The van der Waals surface area contributed by atoms with Gasteiger partial charge in [-0.05, 0) is 48.9 Å². The highest BCUT2D eigenvalue weighted by Gasteiger charge is 2.06. The monoisotopic (exact) mass is 315 g/mol. The number of rotatable bonds is 3. The van der Waals surface area contributed by atoms with E-state index in [1.807, 2.05) is 25.1 Å². The Hall–Kier alpha value is -1.71. The highest BCUT2D eigenvalue weighted by atomic mass is 35.5. The molecule has 21 heavy (non-hydrogen) atoms. The summed E-state index contributed by atoms with van der Waals surface area (Å²) in [5, 5.41) is 10.9.